The first-order valence-corrected chi connectivity index (χ1v) is 12.9. The molecular weight excluding hydrogens is 425 g/mol. The van der Waals surface area contributed by atoms with E-state index in [-0.39, 0.29) is 29.0 Å². The summed E-state index contributed by atoms with van der Waals surface area (Å²) in [7, 11) is 1.57. The van der Waals surface area contributed by atoms with Crippen molar-refractivity contribution in [2.75, 3.05) is 18.2 Å². The molecule has 11 heteroatoms. The van der Waals surface area contributed by atoms with Crippen LogP contribution in [0.1, 0.15) is 27.7 Å². The van der Waals surface area contributed by atoms with Crippen molar-refractivity contribution in [1.82, 2.24) is 10.9 Å². The Balaban J connectivity index is 2.49. The van der Waals surface area contributed by atoms with E-state index in [0.29, 0.717) is 11.4 Å². The third-order valence-electron chi connectivity index (χ3n) is 2.70. The number of hydrogen-bond acceptors (Lipinski definition) is 7. The molecule has 0 spiro atoms. The number of benzene rings is 1. The lowest BCUT2D eigenvalue weighted by Crippen LogP contribution is -2.44. The monoisotopic (exact) mass is 451 g/mol. The zero-order chi connectivity index (χ0) is 20.4. The molecule has 0 aromatic heterocycles. The Hall–Kier alpha value is -0.900. The van der Waals surface area contributed by atoms with Gasteiger partial charge in [0.1, 0.15) is 5.75 Å². The summed E-state index contributed by atoms with van der Waals surface area (Å²) < 4.78 is 16.7. The zero-order valence-corrected chi connectivity index (χ0v) is 19.3. The van der Waals surface area contributed by atoms with Gasteiger partial charge in [-0.1, -0.05) is 23.5 Å². The topological polar surface area (TPSA) is 80.9 Å². The maximum Gasteiger partial charge on any atom is 0.248 e. The Morgan fingerprint density at radius 2 is 1.74 bits per heavy atom. The number of anilines is 1. The fourth-order valence-electron chi connectivity index (χ4n) is 1.80. The summed E-state index contributed by atoms with van der Waals surface area (Å²) in [5.41, 5.74) is 3.26. The van der Waals surface area contributed by atoms with Gasteiger partial charge in [-0.05, 0) is 63.9 Å². The van der Waals surface area contributed by atoms with E-state index < -0.39 is 5.69 Å². The first-order chi connectivity index (χ1) is 12.6. The molecule has 0 radical (unpaired) electrons. The zero-order valence-electron chi connectivity index (χ0n) is 16.0. The largest absolute Gasteiger partial charge is 0.495 e. The molecule has 0 heterocycles. The number of rotatable bonds is 9. The average Bonchev–Trinajstić information content (AvgIpc) is 2.57. The third-order valence-corrected chi connectivity index (χ3v) is 8.29. The second-order valence-corrected chi connectivity index (χ2v) is 12.5. The summed E-state index contributed by atoms with van der Waals surface area (Å²) in [6.07, 6.45) is -0.165. The number of amides is 1. The number of ether oxygens (including phenoxy) is 1. The minimum absolute atomic E-state index is 0.0825. The molecule has 0 saturated heterocycles. The van der Waals surface area contributed by atoms with Crippen LogP contribution in [0.25, 0.3) is 0 Å². The number of para-hydroxylation sites is 2. The molecule has 1 amide bonds. The number of methoxy groups -OCH3 is 1. The van der Waals surface area contributed by atoms with E-state index in [0.717, 1.165) is 0 Å². The molecule has 3 N–H and O–H groups in total. The molecule has 1 aromatic rings. The smallest absolute Gasteiger partial charge is 0.248 e. The third kappa shape index (κ3) is 9.73. The molecule has 27 heavy (non-hydrogen) atoms. The van der Waals surface area contributed by atoms with E-state index in [9.17, 15) is 4.79 Å². The van der Waals surface area contributed by atoms with E-state index in [1.54, 1.807) is 13.2 Å². The van der Waals surface area contributed by atoms with Crippen LogP contribution in [-0.4, -0.2) is 36.1 Å². The summed E-state index contributed by atoms with van der Waals surface area (Å²) in [5.74, 6) is 0.431. The summed E-state index contributed by atoms with van der Waals surface area (Å²) in [6, 6.07) is 7.31. The number of thiocarbonyl (C=S) groups is 1. The second kappa shape index (κ2) is 11.8. The number of carbonyl (C=O) groups is 1. The van der Waals surface area contributed by atoms with Crippen molar-refractivity contribution in [3.8, 4) is 5.75 Å². The van der Waals surface area contributed by atoms with Crippen LogP contribution in [0.2, 0.25) is 0 Å². The molecule has 0 aliphatic heterocycles. The molecule has 0 fully saturated rings. The van der Waals surface area contributed by atoms with Gasteiger partial charge in [-0.15, -0.1) is 0 Å². The van der Waals surface area contributed by atoms with E-state index in [2.05, 4.69) is 16.2 Å². The van der Waals surface area contributed by atoms with Crippen LogP contribution in [0.3, 0.4) is 0 Å². The minimum atomic E-state index is -2.60. The van der Waals surface area contributed by atoms with Gasteiger partial charge in [0.15, 0.2) is 5.11 Å². The molecule has 0 aliphatic carbocycles. The van der Waals surface area contributed by atoms with Crippen LogP contribution in [0.4, 0.5) is 5.69 Å². The van der Waals surface area contributed by atoms with Crippen LogP contribution in [-0.2, 0) is 25.6 Å². The molecule has 0 aliphatic rings. The molecule has 0 bridgehead atoms. The number of hydrogen-bond donors (Lipinski definition) is 3. The molecule has 0 atom stereocenters. The van der Waals surface area contributed by atoms with Gasteiger partial charge in [0, 0.05) is 0 Å². The second-order valence-electron chi connectivity index (χ2n) is 5.86. The molecule has 0 saturated carbocycles. The summed E-state index contributed by atoms with van der Waals surface area (Å²) >= 11 is 11.9. The van der Waals surface area contributed by atoms with E-state index in [1.807, 2.05) is 45.9 Å². The number of carbonyl (C=O) groups excluding carboxylic acids is 1. The van der Waals surface area contributed by atoms with Crippen molar-refractivity contribution in [2.24, 2.45) is 0 Å². The predicted molar refractivity (Wildman–Crippen MR) is 120 cm³/mol. The van der Waals surface area contributed by atoms with E-state index in [1.165, 1.54) is 11.4 Å². The van der Waals surface area contributed by atoms with Gasteiger partial charge in [0.2, 0.25) is 11.6 Å². The van der Waals surface area contributed by atoms with Crippen LogP contribution < -0.4 is 20.9 Å². The highest BCUT2D eigenvalue weighted by Crippen LogP contribution is 2.62. The van der Waals surface area contributed by atoms with Crippen molar-refractivity contribution in [3.05, 3.63) is 24.3 Å². The summed E-state index contributed by atoms with van der Waals surface area (Å²) in [5, 5.41) is 3.18. The Kier molecular flexibility index (Phi) is 10.6. The molecule has 0 unspecified atom stereocenters. The van der Waals surface area contributed by atoms with Gasteiger partial charge < -0.3 is 19.1 Å². The van der Waals surface area contributed by atoms with Crippen molar-refractivity contribution in [3.63, 3.8) is 0 Å². The fourth-order valence-corrected chi connectivity index (χ4v) is 7.25. The van der Waals surface area contributed by atoms with Crippen molar-refractivity contribution < 1.29 is 18.6 Å². The Bertz CT molecular complexity index is 675. The quantitative estimate of drug-likeness (QED) is 0.295. The molecule has 7 nitrogen and oxygen atoms in total. The average molecular weight is 452 g/mol. The van der Waals surface area contributed by atoms with Crippen LogP contribution in [0.5, 0.6) is 5.75 Å². The molecule has 152 valence electrons. The summed E-state index contributed by atoms with van der Waals surface area (Å²) in [6.45, 7) is 7.54. The lowest BCUT2D eigenvalue weighted by Gasteiger charge is -2.25. The SMILES string of the molecule is COc1ccccc1NC(=S)NNC(=O)CSP(=S)(OC(C)C)OC(C)C. The summed E-state index contributed by atoms with van der Waals surface area (Å²) in [4.78, 5) is 12.1. The fraction of sp³-hybridized carbons (Fsp3) is 0.500. The van der Waals surface area contributed by atoms with E-state index in [4.69, 9.17) is 37.8 Å². The van der Waals surface area contributed by atoms with Gasteiger partial charge in [0.25, 0.3) is 0 Å². The van der Waals surface area contributed by atoms with Gasteiger partial charge in [-0.3, -0.25) is 15.6 Å². The Morgan fingerprint density at radius 1 is 1.15 bits per heavy atom. The van der Waals surface area contributed by atoms with Gasteiger partial charge in [0.05, 0.1) is 30.8 Å². The van der Waals surface area contributed by atoms with Crippen LogP contribution in [0, 0.1) is 0 Å². The lowest BCUT2D eigenvalue weighted by atomic mass is 10.3. The highest BCUT2D eigenvalue weighted by molar-refractivity contribution is 8.68. The minimum Gasteiger partial charge on any atom is -0.495 e. The number of hydrazine groups is 1. The first kappa shape index (κ1) is 24.1. The van der Waals surface area contributed by atoms with E-state index >= 15 is 0 Å². The normalized spacial score (nSPS) is 11.4. The highest BCUT2D eigenvalue weighted by atomic mass is 32.9. The van der Waals surface area contributed by atoms with Crippen molar-refractivity contribution in [1.29, 1.82) is 0 Å². The molecule has 1 aromatic carbocycles. The van der Waals surface area contributed by atoms with Crippen LogP contribution in [0.15, 0.2) is 24.3 Å². The Labute approximate surface area is 175 Å². The Morgan fingerprint density at radius 3 is 2.30 bits per heavy atom. The van der Waals surface area contributed by atoms with Crippen molar-refractivity contribution in [2.45, 2.75) is 39.9 Å². The standard InChI is InChI=1S/C16H26N3O4PS3/c1-11(2)22-24(26,23-12(3)4)27-10-15(20)18-19-16(25)17-13-8-6-7-9-14(13)21-5/h6-9,11-12H,10H2,1-5H3,(H,18,20)(H2,17,19,25). The highest BCUT2D eigenvalue weighted by Gasteiger charge is 2.24. The predicted octanol–water partition coefficient (Wildman–Crippen LogP) is 3.82. The van der Waals surface area contributed by atoms with Crippen molar-refractivity contribution >= 4 is 57.8 Å². The molecule has 1 rings (SSSR count). The van der Waals surface area contributed by atoms with Crippen LogP contribution >= 0.6 is 29.3 Å². The van der Waals surface area contributed by atoms with Gasteiger partial charge in [-0.25, -0.2) is 0 Å². The lowest BCUT2D eigenvalue weighted by molar-refractivity contribution is -0.119. The maximum absolute atomic E-state index is 12.1. The van der Waals surface area contributed by atoms with Gasteiger partial charge >= 0.3 is 0 Å². The maximum atomic E-state index is 12.1. The molecular formula is C16H26N3O4PS3. The number of nitrogens with one attached hydrogen (secondary N) is 3. The van der Waals surface area contributed by atoms with Gasteiger partial charge in [-0.2, -0.15) is 0 Å². The first-order valence-electron chi connectivity index (χ1n) is 8.25.